The van der Waals surface area contributed by atoms with Gasteiger partial charge in [0, 0.05) is 13.5 Å². The fourth-order valence-electron chi connectivity index (χ4n) is 1.41. The Kier molecular flexibility index (Phi) is 5.09. The molecule has 0 radical (unpaired) electrons. The Morgan fingerprint density at radius 3 is 2.82 bits per heavy atom. The van der Waals surface area contributed by atoms with Crippen LogP contribution in [0.15, 0.2) is 4.52 Å². The molecule has 0 fully saturated rings. The van der Waals surface area contributed by atoms with Crippen molar-refractivity contribution in [3.63, 3.8) is 0 Å². The summed E-state index contributed by atoms with van der Waals surface area (Å²) in [5, 5.41) is 6.45. The van der Waals surface area contributed by atoms with Gasteiger partial charge in [0.05, 0.1) is 13.1 Å². The van der Waals surface area contributed by atoms with E-state index in [0.717, 1.165) is 6.42 Å². The van der Waals surface area contributed by atoms with Crippen molar-refractivity contribution in [2.45, 2.75) is 26.8 Å². The van der Waals surface area contributed by atoms with Gasteiger partial charge in [-0.05, 0) is 13.0 Å². The molecule has 0 bridgehead atoms. The molecule has 0 aliphatic heterocycles. The number of amides is 1. The summed E-state index contributed by atoms with van der Waals surface area (Å²) in [5.74, 6) is 1.74. The van der Waals surface area contributed by atoms with Gasteiger partial charge in [0.2, 0.25) is 11.8 Å². The molecule has 0 saturated carbocycles. The van der Waals surface area contributed by atoms with Crippen molar-refractivity contribution in [1.29, 1.82) is 0 Å². The molecular weight excluding hydrogens is 220 g/mol. The number of carbonyl (C=O) groups excluding carboxylic acids is 1. The van der Waals surface area contributed by atoms with Crippen molar-refractivity contribution in [2.75, 3.05) is 20.6 Å². The van der Waals surface area contributed by atoms with Gasteiger partial charge in [-0.1, -0.05) is 19.0 Å². The second-order valence-corrected chi connectivity index (χ2v) is 4.55. The van der Waals surface area contributed by atoms with Crippen LogP contribution in [0.5, 0.6) is 0 Å². The lowest BCUT2D eigenvalue weighted by Gasteiger charge is -2.12. The Bertz CT molecular complexity index is 362. The van der Waals surface area contributed by atoms with E-state index in [2.05, 4.69) is 29.3 Å². The molecule has 1 aromatic rings. The van der Waals surface area contributed by atoms with Crippen molar-refractivity contribution in [3.05, 3.63) is 11.7 Å². The molecular formula is C11H20N4O2. The average Bonchev–Trinajstić information content (AvgIpc) is 2.63. The van der Waals surface area contributed by atoms with Crippen molar-refractivity contribution >= 4 is 5.91 Å². The molecule has 0 aromatic carbocycles. The smallest absolute Gasteiger partial charge is 0.233 e. The topological polar surface area (TPSA) is 71.3 Å². The van der Waals surface area contributed by atoms with Crippen molar-refractivity contribution in [3.8, 4) is 0 Å². The highest BCUT2D eigenvalue weighted by atomic mass is 16.5. The van der Waals surface area contributed by atoms with Crippen LogP contribution in [0.25, 0.3) is 0 Å². The predicted octanol–water partition coefficient (Wildman–Crippen LogP) is 0.446. The first kappa shape index (κ1) is 13.6. The van der Waals surface area contributed by atoms with Gasteiger partial charge < -0.3 is 9.84 Å². The van der Waals surface area contributed by atoms with E-state index in [-0.39, 0.29) is 5.91 Å². The third kappa shape index (κ3) is 4.95. The van der Waals surface area contributed by atoms with E-state index in [1.807, 2.05) is 11.9 Å². The van der Waals surface area contributed by atoms with Crippen molar-refractivity contribution in [1.82, 2.24) is 20.4 Å². The molecule has 0 aliphatic rings. The summed E-state index contributed by atoms with van der Waals surface area (Å²) in [4.78, 5) is 17.3. The minimum Gasteiger partial charge on any atom is -0.358 e. The van der Waals surface area contributed by atoms with E-state index in [9.17, 15) is 4.79 Å². The average molecular weight is 240 g/mol. The van der Waals surface area contributed by atoms with E-state index >= 15 is 0 Å². The van der Waals surface area contributed by atoms with Gasteiger partial charge >= 0.3 is 0 Å². The van der Waals surface area contributed by atoms with Crippen LogP contribution in [0, 0.1) is 5.92 Å². The predicted molar refractivity (Wildman–Crippen MR) is 63.2 cm³/mol. The zero-order valence-corrected chi connectivity index (χ0v) is 10.9. The first-order chi connectivity index (χ1) is 8.01. The van der Waals surface area contributed by atoms with Crippen LogP contribution in [-0.2, 0) is 17.8 Å². The number of rotatable bonds is 6. The second kappa shape index (κ2) is 6.34. The zero-order chi connectivity index (χ0) is 12.8. The number of likely N-dealkylation sites (N-methyl/N-ethyl adjacent to an activating group) is 2. The molecule has 1 rings (SSSR count). The largest absolute Gasteiger partial charge is 0.358 e. The highest BCUT2D eigenvalue weighted by Gasteiger charge is 2.11. The van der Waals surface area contributed by atoms with Crippen LogP contribution >= 0.6 is 0 Å². The van der Waals surface area contributed by atoms with Gasteiger partial charge in [0.1, 0.15) is 0 Å². The third-order valence-corrected chi connectivity index (χ3v) is 2.20. The van der Waals surface area contributed by atoms with Gasteiger partial charge in [-0.25, -0.2) is 0 Å². The Labute approximate surface area is 101 Å². The van der Waals surface area contributed by atoms with E-state index in [1.165, 1.54) is 0 Å². The van der Waals surface area contributed by atoms with Crippen LogP contribution in [0.1, 0.15) is 25.6 Å². The fraction of sp³-hybridized carbons (Fsp3) is 0.727. The number of nitrogens with zero attached hydrogens (tertiary/aromatic N) is 3. The minimum atomic E-state index is -0.0293. The summed E-state index contributed by atoms with van der Waals surface area (Å²) in [7, 11) is 3.46. The van der Waals surface area contributed by atoms with Gasteiger partial charge in [-0.3, -0.25) is 9.69 Å². The Morgan fingerprint density at radius 2 is 2.24 bits per heavy atom. The number of carbonyl (C=O) groups is 1. The third-order valence-electron chi connectivity index (χ3n) is 2.20. The second-order valence-electron chi connectivity index (χ2n) is 4.55. The van der Waals surface area contributed by atoms with Crippen LogP contribution in [-0.4, -0.2) is 41.6 Å². The van der Waals surface area contributed by atoms with E-state index in [4.69, 9.17) is 4.52 Å². The maximum absolute atomic E-state index is 11.1. The summed E-state index contributed by atoms with van der Waals surface area (Å²) < 4.78 is 5.12. The van der Waals surface area contributed by atoms with Gasteiger partial charge in [-0.2, -0.15) is 4.98 Å². The molecule has 96 valence electrons. The van der Waals surface area contributed by atoms with Gasteiger partial charge in [0.25, 0.3) is 0 Å². The number of nitrogens with one attached hydrogen (secondary N) is 1. The fourth-order valence-corrected chi connectivity index (χ4v) is 1.41. The molecule has 6 heteroatoms. The summed E-state index contributed by atoms with van der Waals surface area (Å²) in [6.07, 6.45) is 0.784. The molecule has 6 nitrogen and oxygen atoms in total. The summed E-state index contributed by atoms with van der Waals surface area (Å²) in [6.45, 7) is 5.03. The molecule has 0 saturated heterocycles. The number of hydrogen-bond acceptors (Lipinski definition) is 5. The molecule has 1 heterocycles. The molecule has 1 N–H and O–H groups in total. The SMILES string of the molecule is CNC(=O)CN(C)Cc1noc(CC(C)C)n1. The highest BCUT2D eigenvalue weighted by Crippen LogP contribution is 2.06. The minimum absolute atomic E-state index is 0.0293. The molecule has 0 spiro atoms. The summed E-state index contributed by atoms with van der Waals surface area (Å²) >= 11 is 0. The lowest BCUT2D eigenvalue weighted by atomic mass is 10.1. The van der Waals surface area contributed by atoms with E-state index in [1.54, 1.807) is 7.05 Å². The lowest BCUT2D eigenvalue weighted by Crippen LogP contribution is -2.32. The van der Waals surface area contributed by atoms with Gasteiger partial charge in [0.15, 0.2) is 5.82 Å². The standard InChI is InChI=1S/C11H20N4O2/c1-8(2)5-11-13-9(14-17-11)6-15(4)7-10(16)12-3/h8H,5-7H2,1-4H3,(H,12,16). The highest BCUT2D eigenvalue weighted by molar-refractivity contribution is 5.77. The summed E-state index contributed by atoms with van der Waals surface area (Å²) in [5.41, 5.74) is 0. The Balaban J connectivity index is 2.45. The van der Waals surface area contributed by atoms with Crippen LogP contribution < -0.4 is 5.32 Å². The molecule has 0 aliphatic carbocycles. The normalized spacial score (nSPS) is 11.2. The van der Waals surface area contributed by atoms with Crippen LogP contribution in [0.2, 0.25) is 0 Å². The maximum atomic E-state index is 11.1. The quantitative estimate of drug-likeness (QED) is 0.781. The molecule has 1 aromatic heterocycles. The molecule has 0 unspecified atom stereocenters. The molecule has 1 amide bonds. The number of aromatic nitrogens is 2. The first-order valence-corrected chi connectivity index (χ1v) is 5.71. The maximum Gasteiger partial charge on any atom is 0.233 e. The number of hydrogen-bond donors (Lipinski definition) is 1. The lowest BCUT2D eigenvalue weighted by molar-refractivity contribution is -0.121. The van der Waals surface area contributed by atoms with Crippen molar-refractivity contribution in [2.24, 2.45) is 5.92 Å². The first-order valence-electron chi connectivity index (χ1n) is 5.71. The zero-order valence-electron chi connectivity index (χ0n) is 10.9. The molecule has 0 atom stereocenters. The van der Waals surface area contributed by atoms with Gasteiger partial charge in [-0.15, -0.1) is 0 Å². The monoisotopic (exact) mass is 240 g/mol. The molecule has 17 heavy (non-hydrogen) atoms. The van der Waals surface area contributed by atoms with Crippen LogP contribution in [0.4, 0.5) is 0 Å². The summed E-state index contributed by atoms with van der Waals surface area (Å²) in [6, 6.07) is 0. The van der Waals surface area contributed by atoms with E-state index < -0.39 is 0 Å². The van der Waals surface area contributed by atoms with E-state index in [0.29, 0.717) is 30.7 Å². The van der Waals surface area contributed by atoms with Crippen LogP contribution in [0.3, 0.4) is 0 Å². The Hall–Kier alpha value is -1.43. The van der Waals surface area contributed by atoms with Crippen molar-refractivity contribution < 1.29 is 9.32 Å². The Morgan fingerprint density at radius 1 is 1.53 bits per heavy atom.